The fraction of sp³-hybridized carbons (Fsp3) is 0.381. The summed E-state index contributed by atoms with van der Waals surface area (Å²) in [6, 6.07) is 12.9. The Morgan fingerprint density at radius 3 is 2.12 bits per heavy atom. The molecule has 1 aliphatic heterocycles. The van der Waals surface area contributed by atoms with Crippen LogP contribution < -0.4 is 9.47 Å². The normalized spacial score (nSPS) is 14.0. The number of aliphatic imine (C=N–C) groups is 1. The zero-order chi connectivity index (χ0) is 17.3. The van der Waals surface area contributed by atoms with Crippen molar-refractivity contribution in [1.82, 2.24) is 0 Å². The Labute approximate surface area is 144 Å². The second-order valence-corrected chi connectivity index (χ2v) is 7.17. The number of hydrogen-bond acceptors (Lipinski definition) is 3. The maximum absolute atomic E-state index is 5.47. The zero-order valence-electron chi connectivity index (χ0n) is 15.1. The van der Waals surface area contributed by atoms with Crippen molar-refractivity contribution < 1.29 is 9.47 Å². The van der Waals surface area contributed by atoms with Crippen LogP contribution >= 0.6 is 0 Å². The van der Waals surface area contributed by atoms with E-state index in [9.17, 15) is 0 Å². The van der Waals surface area contributed by atoms with Crippen LogP contribution in [0.25, 0.3) is 0 Å². The van der Waals surface area contributed by atoms with Crippen molar-refractivity contribution in [3.63, 3.8) is 0 Å². The minimum Gasteiger partial charge on any atom is -0.493 e. The molecule has 2 aromatic rings. The van der Waals surface area contributed by atoms with Gasteiger partial charge in [-0.05, 0) is 35.1 Å². The molecule has 3 heteroatoms. The van der Waals surface area contributed by atoms with Crippen molar-refractivity contribution in [1.29, 1.82) is 0 Å². The summed E-state index contributed by atoms with van der Waals surface area (Å²) >= 11 is 0. The van der Waals surface area contributed by atoms with Gasteiger partial charge >= 0.3 is 0 Å². The van der Waals surface area contributed by atoms with Crippen molar-refractivity contribution in [3.8, 4) is 11.5 Å². The Bertz CT molecular complexity index is 768. The molecule has 0 aliphatic carbocycles. The Morgan fingerprint density at radius 2 is 1.54 bits per heavy atom. The lowest BCUT2D eigenvalue weighted by Crippen LogP contribution is -2.16. The van der Waals surface area contributed by atoms with Crippen LogP contribution in [0.3, 0.4) is 0 Å². The molecule has 0 saturated heterocycles. The second-order valence-electron chi connectivity index (χ2n) is 7.17. The van der Waals surface area contributed by atoms with E-state index in [1.54, 1.807) is 14.2 Å². The van der Waals surface area contributed by atoms with Crippen LogP contribution in [0.5, 0.6) is 11.5 Å². The summed E-state index contributed by atoms with van der Waals surface area (Å²) in [5.41, 5.74) is 6.07. The van der Waals surface area contributed by atoms with E-state index in [0.29, 0.717) is 0 Å². The molecule has 1 heterocycles. The summed E-state index contributed by atoms with van der Waals surface area (Å²) in [6.07, 6.45) is 0.930. The number of hydrogen-bond donors (Lipinski definition) is 0. The predicted octanol–water partition coefficient (Wildman–Crippen LogP) is 4.39. The van der Waals surface area contributed by atoms with Crippen molar-refractivity contribution in [2.24, 2.45) is 4.99 Å². The fourth-order valence-electron chi connectivity index (χ4n) is 3.10. The quantitative estimate of drug-likeness (QED) is 0.838. The summed E-state index contributed by atoms with van der Waals surface area (Å²) in [6.45, 7) is 7.49. The standard InChI is InChI=1S/C21H25NO2/c1-21(2,3)16-8-6-14(7-9-16)20-17-13-19(24-5)18(23-4)12-15(17)10-11-22-20/h6-9,12-13H,10-11H2,1-5H3. The van der Waals surface area contributed by atoms with Gasteiger partial charge in [0, 0.05) is 17.7 Å². The summed E-state index contributed by atoms with van der Waals surface area (Å²) in [5, 5.41) is 0. The lowest BCUT2D eigenvalue weighted by Gasteiger charge is -2.22. The lowest BCUT2D eigenvalue weighted by atomic mass is 9.85. The molecule has 0 bridgehead atoms. The maximum atomic E-state index is 5.47. The maximum Gasteiger partial charge on any atom is 0.161 e. The Balaban J connectivity index is 2.04. The number of methoxy groups -OCH3 is 2. The molecule has 0 unspecified atom stereocenters. The Morgan fingerprint density at radius 1 is 0.917 bits per heavy atom. The molecule has 2 aromatic carbocycles. The second kappa shape index (κ2) is 6.31. The Hall–Kier alpha value is -2.29. The van der Waals surface area contributed by atoms with Gasteiger partial charge in [0.25, 0.3) is 0 Å². The zero-order valence-corrected chi connectivity index (χ0v) is 15.1. The average molecular weight is 323 g/mol. The minimum atomic E-state index is 0.154. The van der Waals surface area contributed by atoms with E-state index in [1.165, 1.54) is 11.1 Å². The molecule has 0 aromatic heterocycles. The summed E-state index contributed by atoms with van der Waals surface area (Å²) in [5.74, 6) is 1.53. The molecule has 0 saturated carbocycles. The van der Waals surface area contributed by atoms with E-state index in [1.807, 2.05) is 6.07 Å². The highest BCUT2D eigenvalue weighted by atomic mass is 16.5. The van der Waals surface area contributed by atoms with Crippen molar-refractivity contribution in [3.05, 3.63) is 58.7 Å². The van der Waals surface area contributed by atoms with Gasteiger partial charge in [-0.2, -0.15) is 0 Å². The number of benzene rings is 2. The summed E-state index contributed by atoms with van der Waals surface area (Å²) in [4.78, 5) is 4.78. The van der Waals surface area contributed by atoms with Crippen LogP contribution in [0.15, 0.2) is 41.4 Å². The van der Waals surface area contributed by atoms with Crippen LogP contribution in [0.1, 0.15) is 43.0 Å². The van der Waals surface area contributed by atoms with E-state index in [0.717, 1.165) is 41.3 Å². The van der Waals surface area contributed by atoms with Gasteiger partial charge in [0.05, 0.1) is 19.9 Å². The smallest absolute Gasteiger partial charge is 0.161 e. The highest BCUT2D eigenvalue weighted by molar-refractivity contribution is 6.14. The molecule has 126 valence electrons. The van der Waals surface area contributed by atoms with Crippen LogP contribution in [-0.2, 0) is 11.8 Å². The third kappa shape index (κ3) is 3.03. The van der Waals surface area contributed by atoms with Gasteiger partial charge in [0.2, 0.25) is 0 Å². The van der Waals surface area contributed by atoms with Gasteiger partial charge in [-0.3, -0.25) is 4.99 Å². The van der Waals surface area contributed by atoms with Crippen LogP contribution in [-0.4, -0.2) is 26.5 Å². The largest absolute Gasteiger partial charge is 0.493 e. The number of nitrogens with zero attached hydrogens (tertiary/aromatic N) is 1. The Kier molecular flexibility index (Phi) is 4.35. The first-order chi connectivity index (χ1) is 11.4. The number of ether oxygens (including phenoxy) is 2. The fourth-order valence-corrected chi connectivity index (χ4v) is 3.10. The third-order valence-electron chi connectivity index (χ3n) is 4.54. The summed E-state index contributed by atoms with van der Waals surface area (Å²) < 4.78 is 10.9. The van der Waals surface area contributed by atoms with Gasteiger partial charge in [0.15, 0.2) is 11.5 Å². The van der Waals surface area contributed by atoms with E-state index >= 15 is 0 Å². The molecule has 1 aliphatic rings. The molecule has 3 rings (SSSR count). The van der Waals surface area contributed by atoms with Gasteiger partial charge in [-0.15, -0.1) is 0 Å². The van der Waals surface area contributed by atoms with Gasteiger partial charge in [-0.25, -0.2) is 0 Å². The van der Waals surface area contributed by atoms with E-state index in [2.05, 4.69) is 51.1 Å². The summed E-state index contributed by atoms with van der Waals surface area (Å²) in [7, 11) is 3.34. The van der Waals surface area contributed by atoms with E-state index < -0.39 is 0 Å². The molecule has 0 spiro atoms. The molecule has 0 fully saturated rings. The highest BCUT2D eigenvalue weighted by Crippen LogP contribution is 2.34. The number of fused-ring (bicyclic) bond motifs is 1. The first kappa shape index (κ1) is 16.6. The van der Waals surface area contributed by atoms with Crippen molar-refractivity contribution >= 4 is 5.71 Å². The highest BCUT2D eigenvalue weighted by Gasteiger charge is 2.20. The van der Waals surface area contributed by atoms with E-state index in [4.69, 9.17) is 14.5 Å². The molecular formula is C21H25NO2. The van der Waals surface area contributed by atoms with Crippen LogP contribution in [0.4, 0.5) is 0 Å². The molecule has 0 N–H and O–H groups in total. The van der Waals surface area contributed by atoms with Crippen LogP contribution in [0, 0.1) is 0 Å². The first-order valence-corrected chi connectivity index (χ1v) is 8.34. The van der Waals surface area contributed by atoms with Gasteiger partial charge in [0.1, 0.15) is 0 Å². The SMILES string of the molecule is COc1cc2c(cc1OC)C(c1ccc(C(C)(C)C)cc1)=NCC2. The predicted molar refractivity (Wildman–Crippen MR) is 98.9 cm³/mol. The minimum absolute atomic E-state index is 0.154. The molecule has 3 nitrogen and oxygen atoms in total. The topological polar surface area (TPSA) is 30.8 Å². The van der Waals surface area contributed by atoms with E-state index in [-0.39, 0.29) is 5.41 Å². The molecule has 0 atom stereocenters. The first-order valence-electron chi connectivity index (χ1n) is 8.34. The van der Waals surface area contributed by atoms with Gasteiger partial charge in [-0.1, -0.05) is 45.0 Å². The monoisotopic (exact) mass is 323 g/mol. The van der Waals surface area contributed by atoms with Crippen molar-refractivity contribution in [2.75, 3.05) is 20.8 Å². The molecule has 0 radical (unpaired) electrons. The number of rotatable bonds is 3. The van der Waals surface area contributed by atoms with Crippen molar-refractivity contribution in [2.45, 2.75) is 32.6 Å². The third-order valence-corrected chi connectivity index (χ3v) is 4.54. The average Bonchev–Trinajstić information content (AvgIpc) is 2.59. The molecule has 24 heavy (non-hydrogen) atoms. The van der Waals surface area contributed by atoms with Gasteiger partial charge < -0.3 is 9.47 Å². The van der Waals surface area contributed by atoms with Crippen LogP contribution in [0.2, 0.25) is 0 Å². The molecular weight excluding hydrogens is 298 g/mol. The lowest BCUT2D eigenvalue weighted by molar-refractivity contribution is 0.354. The molecule has 0 amide bonds.